The van der Waals surface area contributed by atoms with Crippen LogP contribution in [0.5, 0.6) is 0 Å². The maximum atomic E-state index is 2.46. The summed E-state index contributed by atoms with van der Waals surface area (Å²) in [7, 11) is 2.46. The molecule has 1 saturated carbocycles. The molecule has 1 aliphatic heterocycles. The van der Waals surface area contributed by atoms with Gasteiger partial charge in [0.2, 0.25) is 0 Å². The summed E-state index contributed by atoms with van der Waals surface area (Å²) in [5, 5.41) is 0.898. The molecule has 0 nitrogen and oxygen atoms in total. The molecule has 0 saturated heterocycles. The van der Waals surface area contributed by atoms with E-state index in [4.69, 9.17) is 0 Å². The van der Waals surface area contributed by atoms with Crippen LogP contribution in [0, 0.1) is 17.8 Å². The first-order chi connectivity index (χ1) is 8.50. The van der Waals surface area contributed by atoms with Crippen molar-refractivity contribution < 1.29 is 0 Å². The van der Waals surface area contributed by atoms with Gasteiger partial charge < -0.3 is 0 Å². The van der Waals surface area contributed by atoms with Crippen molar-refractivity contribution in [2.45, 2.75) is 70.9 Å². The Balaban J connectivity index is 2.24. The maximum absolute atomic E-state index is 2.46. The predicted octanol–water partition coefficient (Wildman–Crippen LogP) is 4.67. The van der Waals surface area contributed by atoms with Gasteiger partial charge >= 0.3 is 0 Å². The van der Waals surface area contributed by atoms with Gasteiger partial charge in [-0.05, 0) is 35.5 Å². The van der Waals surface area contributed by atoms with Crippen molar-refractivity contribution in [1.29, 1.82) is 0 Å². The summed E-state index contributed by atoms with van der Waals surface area (Å²) in [5.41, 5.74) is 1.83. The summed E-state index contributed by atoms with van der Waals surface area (Å²) in [6.07, 6.45) is 7.26. The minimum absolute atomic E-state index is 0.732. The van der Waals surface area contributed by atoms with Crippen LogP contribution in [0.2, 0.25) is 5.82 Å². The van der Waals surface area contributed by atoms with Gasteiger partial charge in [-0.15, -0.1) is 11.8 Å². The van der Waals surface area contributed by atoms with E-state index >= 15 is 0 Å². The van der Waals surface area contributed by atoms with Gasteiger partial charge in [-0.3, -0.25) is 0 Å². The molecule has 1 heterocycles. The van der Waals surface area contributed by atoms with Crippen molar-refractivity contribution in [3.05, 3.63) is 10.5 Å². The lowest BCUT2D eigenvalue weighted by atomic mass is 9.72. The summed E-state index contributed by atoms with van der Waals surface area (Å²) in [4.78, 5) is 1.74. The SMILES string of the molecule is BC1CCCCC2C(C(C)C)=C(C(C)C)SC2C1. The van der Waals surface area contributed by atoms with Crippen LogP contribution in [0.15, 0.2) is 10.5 Å². The highest BCUT2D eigenvalue weighted by atomic mass is 32.2. The molecule has 18 heavy (non-hydrogen) atoms. The lowest BCUT2D eigenvalue weighted by molar-refractivity contribution is 0.413. The zero-order valence-electron chi connectivity index (χ0n) is 12.8. The quantitative estimate of drug-likeness (QED) is 0.653. The molecule has 2 heteroatoms. The first-order valence-corrected chi connectivity index (χ1v) is 8.79. The van der Waals surface area contributed by atoms with Crippen LogP contribution in [0.4, 0.5) is 0 Å². The molecule has 2 rings (SSSR count). The van der Waals surface area contributed by atoms with Crippen LogP contribution in [0.1, 0.15) is 59.8 Å². The Bertz CT molecular complexity index is 319. The smallest absolute Gasteiger partial charge is 0.105 e. The highest BCUT2D eigenvalue weighted by molar-refractivity contribution is 8.04. The van der Waals surface area contributed by atoms with Crippen LogP contribution in [-0.4, -0.2) is 13.1 Å². The number of rotatable bonds is 2. The van der Waals surface area contributed by atoms with Gasteiger partial charge in [0.25, 0.3) is 0 Å². The van der Waals surface area contributed by atoms with E-state index < -0.39 is 0 Å². The third-order valence-corrected chi connectivity index (χ3v) is 6.44. The average Bonchev–Trinajstić information content (AvgIpc) is 2.60. The third kappa shape index (κ3) is 3.00. The Hall–Kier alpha value is 0.155. The summed E-state index contributed by atoms with van der Waals surface area (Å²) < 4.78 is 0. The summed E-state index contributed by atoms with van der Waals surface area (Å²) in [6.45, 7) is 9.58. The zero-order valence-corrected chi connectivity index (χ0v) is 13.6. The lowest BCUT2D eigenvalue weighted by Crippen LogP contribution is -2.21. The third-order valence-electron chi connectivity index (χ3n) is 4.65. The van der Waals surface area contributed by atoms with Crippen molar-refractivity contribution in [1.82, 2.24) is 0 Å². The van der Waals surface area contributed by atoms with Crippen LogP contribution < -0.4 is 0 Å². The molecule has 1 fully saturated rings. The van der Waals surface area contributed by atoms with Gasteiger partial charge in [0, 0.05) is 5.25 Å². The Morgan fingerprint density at radius 2 is 1.72 bits per heavy atom. The second-order valence-corrected chi connectivity index (χ2v) is 8.30. The Labute approximate surface area is 119 Å². The highest BCUT2D eigenvalue weighted by Crippen LogP contribution is 2.53. The first-order valence-electron chi connectivity index (χ1n) is 7.91. The van der Waals surface area contributed by atoms with E-state index in [0.717, 1.165) is 28.8 Å². The molecule has 1 aliphatic carbocycles. The fourth-order valence-corrected chi connectivity index (χ4v) is 5.80. The standard InChI is InChI=1S/C16H29BS/c1-10(2)15-13-8-6-5-7-12(17)9-14(13)18-16(15)11(3)4/h10-14H,5-9,17H2,1-4H3. The Kier molecular flexibility index (Phi) is 4.91. The number of hydrogen-bond acceptors (Lipinski definition) is 1. The molecule has 0 bridgehead atoms. The monoisotopic (exact) mass is 264 g/mol. The van der Waals surface area contributed by atoms with E-state index in [0.29, 0.717) is 0 Å². The molecule has 0 radical (unpaired) electrons. The average molecular weight is 264 g/mol. The number of fused-ring (bicyclic) bond motifs is 1. The molecule has 0 spiro atoms. The molecular formula is C16H29BS. The minimum Gasteiger partial charge on any atom is -0.126 e. The maximum Gasteiger partial charge on any atom is 0.105 e. The highest BCUT2D eigenvalue weighted by Gasteiger charge is 2.38. The number of hydrogen-bond donors (Lipinski definition) is 0. The van der Waals surface area contributed by atoms with E-state index in [1.54, 1.807) is 4.91 Å². The summed E-state index contributed by atoms with van der Waals surface area (Å²) in [6, 6.07) is 0. The lowest BCUT2D eigenvalue weighted by Gasteiger charge is -2.29. The predicted molar refractivity (Wildman–Crippen MR) is 87.0 cm³/mol. The van der Waals surface area contributed by atoms with E-state index in [2.05, 4.69) is 47.3 Å². The molecule has 0 aromatic heterocycles. The van der Waals surface area contributed by atoms with E-state index in [9.17, 15) is 0 Å². The Morgan fingerprint density at radius 3 is 2.33 bits per heavy atom. The van der Waals surface area contributed by atoms with Crippen molar-refractivity contribution >= 4 is 19.6 Å². The van der Waals surface area contributed by atoms with Gasteiger partial charge in [-0.25, -0.2) is 0 Å². The minimum atomic E-state index is 0.732. The van der Waals surface area contributed by atoms with Crippen molar-refractivity contribution in [3.63, 3.8) is 0 Å². The number of thioether (sulfide) groups is 1. The van der Waals surface area contributed by atoms with Gasteiger partial charge in [0.15, 0.2) is 0 Å². The summed E-state index contributed by atoms with van der Waals surface area (Å²) in [5.74, 6) is 3.32. The molecule has 0 aromatic rings. The molecule has 0 N–H and O–H groups in total. The van der Waals surface area contributed by atoms with E-state index in [1.807, 2.05) is 5.57 Å². The number of allylic oxidation sites excluding steroid dienone is 2. The molecule has 3 unspecified atom stereocenters. The largest absolute Gasteiger partial charge is 0.126 e. The molecule has 2 aliphatic rings. The van der Waals surface area contributed by atoms with Gasteiger partial charge in [0.1, 0.15) is 7.85 Å². The van der Waals surface area contributed by atoms with E-state index in [-0.39, 0.29) is 0 Å². The van der Waals surface area contributed by atoms with Crippen LogP contribution in [0.25, 0.3) is 0 Å². The van der Waals surface area contributed by atoms with Crippen molar-refractivity contribution in [3.8, 4) is 0 Å². The fourth-order valence-electron chi connectivity index (χ4n) is 3.80. The normalized spacial score (nSPS) is 33.8. The summed E-state index contributed by atoms with van der Waals surface area (Å²) >= 11 is 2.25. The van der Waals surface area contributed by atoms with Crippen LogP contribution in [0.3, 0.4) is 0 Å². The van der Waals surface area contributed by atoms with E-state index in [1.165, 1.54) is 32.1 Å². The Morgan fingerprint density at radius 1 is 1.06 bits per heavy atom. The van der Waals surface area contributed by atoms with Crippen LogP contribution in [-0.2, 0) is 0 Å². The van der Waals surface area contributed by atoms with Crippen LogP contribution >= 0.6 is 11.8 Å². The second kappa shape index (κ2) is 6.07. The second-order valence-electron chi connectivity index (χ2n) is 7.02. The van der Waals surface area contributed by atoms with Gasteiger partial charge in [-0.1, -0.05) is 58.3 Å². The molecule has 3 atom stereocenters. The molecule has 0 aromatic carbocycles. The topological polar surface area (TPSA) is 0 Å². The molecule has 0 amide bonds. The van der Waals surface area contributed by atoms with Gasteiger partial charge in [-0.2, -0.15) is 0 Å². The zero-order chi connectivity index (χ0) is 13.3. The first kappa shape index (κ1) is 14.6. The fraction of sp³-hybridized carbons (Fsp3) is 0.875. The van der Waals surface area contributed by atoms with Crippen molar-refractivity contribution in [2.75, 3.05) is 0 Å². The van der Waals surface area contributed by atoms with Gasteiger partial charge in [0.05, 0.1) is 0 Å². The molecular weight excluding hydrogens is 235 g/mol. The van der Waals surface area contributed by atoms with Crippen molar-refractivity contribution in [2.24, 2.45) is 17.8 Å². The molecule has 102 valence electrons.